The molecule has 0 spiro atoms. The zero-order valence-corrected chi connectivity index (χ0v) is 64.2. The molecule has 0 aliphatic carbocycles. The molecule has 0 saturated heterocycles. The zero-order valence-electron chi connectivity index (χ0n) is 62.7. The summed E-state index contributed by atoms with van der Waals surface area (Å²) in [5.74, 6) is 0. The molecule has 3 heteroatoms. The first-order chi connectivity index (χ1) is 43.8. The predicted molar refractivity (Wildman–Crippen MR) is 405 cm³/mol. The van der Waals surface area contributed by atoms with Gasteiger partial charge in [-0.25, -0.2) is 4.70 Å². The molecule has 0 atom stereocenters. The second-order valence-corrected chi connectivity index (χ2v) is 28.0. The third-order valence-electron chi connectivity index (χ3n) is 19.4. The molecule has 0 amide bonds. The molecule has 0 N–H and O–H groups in total. The molecule has 1 aliphatic heterocycles. The predicted octanol–water partition coefficient (Wildman–Crippen LogP) is 30.6. The van der Waals surface area contributed by atoms with Crippen molar-refractivity contribution in [3.63, 3.8) is 0 Å². The number of allylic oxidation sites excluding steroid dienone is 2. The fourth-order valence-electron chi connectivity index (χ4n) is 14.2. The fourth-order valence-corrected chi connectivity index (χ4v) is 14.2. The van der Waals surface area contributed by atoms with E-state index >= 15 is 0 Å². The molecule has 0 fully saturated rings. The molecule has 0 saturated carbocycles. The van der Waals surface area contributed by atoms with E-state index < -0.39 is 0 Å². The van der Waals surface area contributed by atoms with Crippen LogP contribution in [0.5, 0.6) is 0 Å². The molecule has 0 unspecified atom stereocenters. The third kappa shape index (κ3) is 41.2. The first-order valence-corrected chi connectivity index (χ1v) is 40.6. The molecule has 524 valence electrons. The van der Waals surface area contributed by atoms with Crippen LogP contribution in [-0.2, 0) is 58.9 Å². The Kier molecular flexibility index (Phi) is 63.2. The van der Waals surface area contributed by atoms with E-state index in [1.54, 1.807) is 15.8 Å². The minimum absolute atomic E-state index is 0. The molecule has 2 nitrogen and oxygen atoms in total. The van der Waals surface area contributed by atoms with Crippen molar-refractivity contribution in [1.29, 1.82) is 0 Å². The molecule has 1 aliphatic rings. The van der Waals surface area contributed by atoms with Crippen LogP contribution in [0, 0.1) is 13.8 Å². The molecule has 2 aromatic carbocycles. The van der Waals surface area contributed by atoms with Crippen LogP contribution >= 0.6 is 0 Å². The molecule has 0 bridgehead atoms. The van der Waals surface area contributed by atoms with E-state index in [-0.39, 0.29) is 20.4 Å². The van der Waals surface area contributed by atoms with E-state index in [0.29, 0.717) is 0 Å². The van der Waals surface area contributed by atoms with E-state index in [4.69, 9.17) is 0 Å². The van der Waals surface area contributed by atoms with Crippen molar-refractivity contribution >= 4 is 11.4 Å². The summed E-state index contributed by atoms with van der Waals surface area (Å²) in [4.78, 5) is 0. The van der Waals surface area contributed by atoms with Gasteiger partial charge in [0.2, 0.25) is 11.4 Å². The second-order valence-electron chi connectivity index (χ2n) is 28.0. The van der Waals surface area contributed by atoms with Crippen molar-refractivity contribution < 1.29 is 25.1 Å². The van der Waals surface area contributed by atoms with Crippen molar-refractivity contribution in [3.05, 3.63) is 99.3 Å². The largest absolute Gasteiger partial charge is 2.00 e. The Hall–Kier alpha value is -1.82. The van der Waals surface area contributed by atoms with Gasteiger partial charge in [0, 0.05) is 22.3 Å². The minimum atomic E-state index is 0. The maximum absolute atomic E-state index is 12.5. The summed E-state index contributed by atoms with van der Waals surface area (Å²) in [6.45, 7) is 30.8. The minimum Gasteiger partial charge on any atom is -0.493 e. The Morgan fingerprint density at radius 1 is 0.244 bits per heavy atom. The van der Waals surface area contributed by atoms with Gasteiger partial charge in [0.1, 0.15) is 0 Å². The number of hydrogen-bond donors (Lipinski definition) is 0. The average molecular weight is 1340 g/mol. The van der Waals surface area contributed by atoms with Gasteiger partial charge in [0.25, 0.3) is 0 Å². The molecular formula is C87H156N2Pd. The summed E-state index contributed by atoms with van der Waals surface area (Å²) < 4.78 is 1.66. The Morgan fingerprint density at radius 2 is 0.444 bits per heavy atom. The summed E-state index contributed by atoms with van der Waals surface area (Å²) in [5.41, 5.74) is 29.0. The summed E-state index contributed by atoms with van der Waals surface area (Å²) in [6, 6.07) is 9.84. The van der Waals surface area contributed by atoms with Crippen LogP contribution in [0.25, 0.3) is 16.9 Å². The second kappa shape index (κ2) is 64.5. The van der Waals surface area contributed by atoms with Gasteiger partial charge in [0.15, 0.2) is 0 Å². The van der Waals surface area contributed by atoms with Crippen LogP contribution in [0.1, 0.15) is 454 Å². The Balaban J connectivity index is 0.00000148. The van der Waals surface area contributed by atoms with Gasteiger partial charge in [-0.2, -0.15) is 12.8 Å². The normalized spacial score (nSPS) is 12.2. The summed E-state index contributed by atoms with van der Waals surface area (Å²) >= 11 is 0. The maximum Gasteiger partial charge on any atom is 2.00 e. The molecule has 0 radical (unpaired) electrons. The van der Waals surface area contributed by atoms with E-state index in [2.05, 4.69) is 107 Å². The van der Waals surface area contributed by atoms with Gasteiger partial charge in [-0.3, -0.25) is 0 Å². The maximum atomic E-state index is 12.5. The van der Waals surface area contributed by atoms with Crippen molar-refractivity contribution in [2.24, 2.45) is 0 Å². The van der Waals surface area contributed by atoms with Crippen molar-refractivity contribution in [2.75, 3.05) is 0 Å². The number of nitrogens with zero attached hydrogens (tertiary/aromatic N) is 2. The van der Waals surface area contributed by atoms with Gasteiger partial charge in [-0.1, -0.05) is 371 Å². The molecule has 2 aromatic rings. The quantitative estimate of drug-likeness (QED) is 0.0273. The smallest absolute Gasteiger partial charge is 0.493 e. The number of rotatable bonds is 59. The fraction of sp³-hybridized carbons (Fsp3) is 0.793. The number of unbranched alkanes of at least 4 members (excludes halogenated alkanes) is 41. The summed E-state index contributed by atoms with van der Waals surface area (Å²) in [6.07, 6.45) is 79.2. The van der Waals surface area contributed by atoms with Gasteiger partial charge in [0.05, 0.1) is 0 Å². The molecular weight excluding hydrogens is 1180 g/mol. The van der Waals surface area contributed by atoms with Crippen LogP contribution in [0.4, 0.5) is 0 Å². The topological polar surface area (TPSA) is 25.3 Å². The zero-order chi connectivity index (χ0) is 65.1. The van der Waals surface area contributed by atoms with E-state index in [1.807, 2.05) is 0 Å². The molecule has 0 aromatic heterocycles. The van der Waals surface area contributed by atoms with Crippen molar-refractivity contribution in [2.45, 2.75) is 448 Å². The molecule has 1 heterocycles. The van der Waals surface area contributed by atoms with Crippen LogP contribution in [0.2, 0.25) is 0 Å². The molecule has 90 heavy (non-hydrogen) atoms. The van der Waals surface area contributed by atoms with Gasteiger partial charge >= 0.3 is 20.4 Å². The van der Waals surface area contributed by atoms with Gasteiger partial charge in [-0.15, -0.1) is 0 Å². The standard InChI is InChI=1S/C43H66N2.2C22H45.Pd/c1-9-17-19-27-41-40(26-18-10-2)42(36-28-32(20-11-3)38(24-15-7)33(29-36)21-12-4)45(44)43(41)37-30-34(22-13-5)39(25-16-8)35(31-37)23-14-6;2*1-3-5-7-9-11-13-15-17-19-21-22-20-18-16-14-12-10-8-6-4-2;/h28-31H,9-27H2,1-8H3;2*1,3-22H2,2H3;/q;2*-1;+2. The Morgan fingerprint density at radius 3 is 0.656 bits per heavy atom. The van der Waals surface area contributed by atoms with Crippen molar-refractivity contribution in [3.8, 4) is 0 Å². The van der Waals surface area contributed by atoms with E-state index in [0.717, 1.165) is 114 Å². The first kappa shape index (κ1) is 88.2. The van der Waals surface area contributed by atoms with E-state index in [9.17, 15) is 5.53 Å². The SMILES string of the molecule is CCCCCC1=C(c2cc(CCC)c(CCC)c(CCC)c2)[N+](=[N-])C(c2cc(CCC)c(CCC)c(CCC)c2)=C1CCCC.[CH2-]CCCCCCCCCCCCCCCCCCCCC.[CH2-]CCCCCCCCCCCCCCCCCCCCC.[Pd+2]. The summed E-state index contributed by atoms with van der Waals surface area (Å²) in [7, 11) is 0. The third-order valence-corrected chi connectivity index (χ3v) is 19.4. The number of benzene rings is 2. The van der Waals surface area contributed by atoms with Crippen LogP contribution < -0.4 is 0 Å². The van der Waals surface area contributed by atoms with Crippen LogP contribution in [-0.4, -0.2) is 4.70 Å². The number of hydrogen-bond acceptors (Lipinski definition) is 0. The molecule has 3 rings (SSSR count). The van der Waals surface area contributed by atoms with Gasteiger partial charge in [-0.05, 0) is 122 Å². The van der Waals surface area contributed by atoms with Crippen LogP contribution in [0.3, 0.4) is 0 Å². The average Bonchev–Trinajstić information content (AvgIpc) is 1.62. The Bertz CT molecular complexity index is 1870. The first-order valence-electron chi connectivity index (χ1n) is 40.6. The van der Waals surface area contributed by atoms with Gasteiger partial charge < -0.3 is 19.4 Å². The van der Waals surface area contributed by atoms with E-state index in [1.165, 1.54) is 321 Å². The monoisotopic (exact) mass is 1340 g/mol. The Labute approximate surface area is 580 Å². The number of aryl methyl sites for hydroxylation is 4. The van der Waals surface area contributed by atoms with Crippen LogP contribution in [0.15, 0.2) is 35.4 Å². The van der Waals surface area contributed by atoms with Crippen molar-refractivity contribution in [1.82, 2.24) is 0 Å². The summed E-state index contributed by atoms with van der Waals surface area (Å²) in [5, 5.41) is 0.